The smallest absolute Gasteiger partial charge is 0.332 e. The zero-order valence-corrected chi connectivity index (χ0v) is 13.7. The number of rotatable bonds is 9. The van der Waals surface area contributed by atoms with Gasteiger partial charge in [0, 0.05) is 6.54 Å². The molecule has 0 fully saturated rings. The summed E-state index contributed by atoms with van der Waals surface area (Å²) in [6.07, 6.45) is 0.962. The zero-order valence-electron chi connectivity index (χ0n) is 13.7. The van der Waals surface area contributed by atoms with Crippen molar-refractivity contribution < 1.29 is 9.53 Å². The SMILES string of the molecule is CCCNC(CN(CC)CC)(C(=O)OC)c1ccccc1. The van der Waals surface area contributed by atoms with Gasteiger partial charge in [0.25, 0.3) is 0 Å². The molecule has 0 spiro atoms. The number of esters is 1. The van der Waals surface area contributed by atoms with Crippen LogP contribution in [0.4, 0.5) is 0 Å². The van der Waals surface area contributed by atoms with Crippen LogP contribution in [0, 0.1) is 0 Å². The monoisotopic (exact) mass is 292 g/mol. The molecule has 0 aliphatic heterocycles. The molecule has 1 atom stereocenters. The fourth-order valence-electron chi connectivity index (χ4n) is 2.52. The summed E-state index contributed by atoms with van der Waals surface area (Å²) in [6.45, 7) is 9.48. The molecule has 0 saturated carbocycles. The van der Waals surface area contributed by atoms with Crippen molar-refractivity contribution >= 4 is 5.97 Å². The number of carbonyl (C=O) groups excluding carboxylic acids is 1. The van der Waals surface area contributed by atoms with Gasteiger partial charge in [0.05, 0.1) is 7.11 Å². The molecule has 0 aromatic heterocycles. The van der Waals surface area contributed by atoms with Crippen LogP contribution in [-0.2, 0) is 15.1 Å². The van der Waals surface area contributed by atoms with Crippen molar-refractivity contribution in [1.29, 1.82) is 0 Å². The number of methoxy groups -OCH3 is 1. The number of ether oxygens (including phenoxy) is 1. The summed E-state index contributed by atoms with van der Waals surface area (Å²) in [5, 5.41) is 3.43. The first-order valence-corrected chi connectivity index (χ1v) is 7.75. The average molecular weight is 292 g/mol. The van der Waals surface area contributed by atoms with Crippen LogP contribution in [0.3, 0.4) is 0 Å². The molecule has 0 amide bonds. The summed E-state index contributed by atoms with van der Waals surface area (Å²) in [6, 6.07) is 9.86. The van der Waals surface area contributed by atoms with Gasteiger partial charge in [-0.05, 0) is 31.6 Å². The predicted molar refractivity (Wildman–Crippen MR) is 86.2 cm³/mol. The maximum Gasteiger partial charge on any atom is 0.332 e. The summed E-state index contributed by atoms with van der Waals surface area (Å²) < 4.78 is 5.13. The molecule has 118 valence electrons. The van der Waals surface area contributed by atoms with E-state index in [1.165, 1.54) is 7.11 Å². The molecule has 1 unspecified atom stereocenters. The molecular weight excluding hydrogens is 264 g/mol. The van der Waals surface area contributed by atoms with Crippen LogP contribution >= 0.6 is 0 Å². The van der Waals surface area contributed by atoms with Gasteiger partial charge >= 0.3 is 5.97 Å². The molecule has 0 radical (unpaired) electrons. The van der Waals surface area contributed by atoms with Crippen LogP contribution in [0.2, 0.25) is 0 Å². The van der Waals surface area contributed by atoms with E-state index in [1.807, 2.05) is 30.3 Å². The minimum atomic E-state index is -0.808. The second kappa shape index (κ2) is 8.80. The van der Waals surface area contributed by atoms with Crippen LogP contribution in [0.15, 0.2) is 30.3 Å². The fraction of sp³-hybridized carbons (Fsp3) is 0.588. The highest BCUT2D eigenvalue weighted by Crippen LogP contribution is 2.24. The normalized spacial score (nSPS) is 14.0. The number of benzene rings is 1. The van der Waals surface area contributed by atoms with E-state index < -0.39 is 5.54 Å². The number of hydrogen-bond donors (Lipinski definition) is 1. The fourth-order valence-corrected chi connectivity index (χ4v) is 2.52. The second-order valence-electron chi connectivity index (χ2n) is 5.15. The van der Waals surface area contributed by atoms with E-state index in [-0.39, 0.29) is 5.97 Å². The maximum atomic E-state index is 12.6. The van der Waals surface area contributed by atoms with Crippen molar-refractivity contribution in [3.63, 3.8) is 0 Å². The van der Waals surface area contributed by atoms with Crippen LogP contribution in [0.25, 0.3) is 0 Å². The molecule has 1 N–H and O–H groups in total. The van der Waals surface area contributed by atoms with Gasteiger partial charge in [-0.3, -0.25) is 5.32 Å². The molecule has 0 heterocycles. The Morgan fingerprint density at radius 2 is 1.81 bits per heavy atom. The molecule has 0 aliphatic rings. The third kappa shape index (κ3) is 4.29. The highest BCUT2D eigenvalue weighted by atomic mass is 16.5. The molecule has 0 bridgehead atoms. The Morgan fingerprint density at radius 3 is 2.29 bits per heavy atom. The maximum absolute atomic E-state index is 12.6. The Kier molecular flexibility index (Phi) is 7.40. The van der Waals surface area contributed by atoms with E-state index in [1.54, 1.807) is 0 Å². The van der Waals surface area contributed by atoms with Crippen molar-refractivity contribution in [2.75, 3.05) is 33.3 Å². The molecule has 1 aromatic rings. The van der Waals surface area contributed by atoms with Gasteiger partial charge < -0.3 is 9.64 Å². The molecule has 4 nitrogen and oxygen atoms in total. The molecule has 1 aromatic carbocycles. The van der Waals surface area contributed by atoms with E-state index >= 15 is 0 Å². The van der Waals surface area contributed by atoms with Gasteiger partial charge in [-0.2, -0.15) is 0 Å². The molecule has 0 saturated heterocycles. The van der Waals surface area contributed by atoms with Crippen molar-refractivity contribution in [3.05, 3.63) is 35.9 Å². The molecule has 1 rings (SSSR count). The number of nitrogens with zero attached hydrogens (tertiary/aromatic N) is 1. The minimum absolute atomic E-state index is 0.228. The summed E-state index contributed by atoms with van der Waals surface area (Å²) in [5.41, 5.74) is 0.148. The van der Waals surface area contributed by atoms with Gasteiger partial charge in [-0.25, -0.2) is 4.79 Å². The first-order valence-electron chi connectivity index (χ1n) is 7.75. The first-order chi connectivity index (χ1) is 10.1. The Morgan fingerprint density at radius 1 is 1.19 bits per heavy atom. The van der Waals surface area contributed by atoms with Gasteiger partial charge in [-0.15, -0.1) is 0 Å². The molecule has 4 heteroatoms. The minimum Gasteiger partial charge on any atom is -0.467 e. The topological polar surface area (TPSA) is 41.6 Å². The molecule has 0 aliphatic carbocycles. The van der Waals surface area contributed by atoms with Crippen LogP contribution < -0.4 is 5.32 Å². The van der Waals surface area contributed by atoms with Crippen molar-refractivity contribution in [3.8, 4) is 0 Å². The van der Waals surface area contributed by atoms with Crippen molar-refractivity contribution in [1.82, 2.24) is 10.2 Å². The van der Waals surface area contributed by atoms with Gasteiger partial charge in [0.15, 0.2) is 5.54 Å². The first kappa shape index (κ1) is 17.7. The Balaban J connectivity index is 3.23. The number of hydrogen-bond acceptors (Lipinski definition) is 4. The van der Waals surface area contributed by atoms with Gasteiger partial charge in [0.2, 0.25) is 0 Å². The van der Waals surface area contributed by atoms with Crippen LogP contribution in [0.5, 0.6) is 0 Å². The van der Waals surface area contributed by atoms with Gasteiger partial charge in [0.1, 0.15) is 0 Å². The Labute approximate surface area is 128 Å². The summed E-state index contributed by atoms with van der Waals surface area (Å²) >= 11 is 0. The third-order valence-corrected chi connectivity index (χ3v) is 3.83. The lowest BCUT2D eigenvalue weighted by atomic mass is 9.88. The van der Waals surface area contributed by atoms with E-state index in [0.717, 1.165) is 31.6 Å². The highest BCUT2D eigenvalue weighted by molar-refractivity contribution is 5.83. The van der Waals surface area contributed by atoms with E-state index in [0.29, 0.717) is 6.54 Å². The summed E-state index contributed by atoms with van der Waals surface area (Å²) in [7, 11) is 1.45. The lowest BCUT2D eigenvalue weighted by molar-refractivity contribution is -0.150. The largest absolute Gasteiger partial charge is 0.467 e. The Bertz CT molecular complexity index is 418. The van der Waals surface area contributed by atoms with Crippen LogP contribution in [0.1, 0.15) is 32.8 Å². The third-order valence-electron chi connectivity index (χ3n) is 3.83. The number of carbonyl (C=O) groups is 1. The summed E-state index contributed by atoms with van der Waals surface area (Å²) in [4.78, 5) is 14.8. The zero-order chi connectivity index (χ0) is 15.7. The van der Waals surface area contributed by atoms with Crippen molar-refractivity contribution in [2.24, 2.45) is 0 Å². The van der Waals surface area contributed by atoms with Gasteiger partial charge in [-0.1, -0.05) is 51.1 Å². The van der Waals surface area contributed by atoms with E-state index in [4.69, 9.17) is 4.74 Å². The average Bonchev–Trinajstić information content (AvgIpc) is 2.55. The number of likely N-dealkylation sites (N-methyl/N-ethyl adjacent to an activating group) is 1. The summed E-state index contributed by atoms with van der Waals surface area (Å²) in [5.74, 6) is -0.228. The standard InChI is InChI=1S/C17H28N2O2/c1-5-13-18-17(16(20)21-4,14-19(6-2)7-3)15-11-9-8-10-12-15/h8-12,18H,5-7,13-14H2,1-4H3. The number of nitrogens with one attached hydrogen (secondary N) is 1. The van der Waals surface area contributed by atoms with Crippen molar-refractivity contribution in [2.45, 2.75) is 32.7 Å². The highest BCUT2D eigenvalue weighted by Gasteiger charge is 2.41. The quantitative estimate of drug-likeness (QED) is 0.710. The predicted octanol–water partition coefficient (Wildman–Crippen LogP) is 2.40. The molecule has 21 heavy (non-hydrogen) atoms. The second-order valence-corrected chi connectivity index (χ2v) is 5.15. The molecular formula is C17H28N2O2. The lowest BCUT2D eigenvalue weighted by Gasteiger charge is -2.36. The van der Waals surface area contributed by atoms with E-state index in [2.05, 4.69) is 31.0 Å². The Hall–Kier alpha value is -1.39. The van der Waals surface area contributed by atoms with E-state index in [9.17, 15) is 4.79 Å². The lowest BCUT2D eigenvalue weighted by Crippen LogP contribution is -2.57. The van der Waals surface area contributed by atoms with Crippen LogP contribution in [-0.4, -0.2) is 44.2 Å².